The molecule has 3 aromatic heterocycles. The van der Waals surface area contributed by atoms with Gasteiger partial charge < -0.3 is 29.6 Å². The number of nitrogens with one attached hydrogen (secondary N) is 1. The molecule has 5 saturated heterocycles. The molecular weight excluding hydrogens is 971 g/mol. The molecule has 1 unspecified atom stereocenters. The number of ether oxygens (including phenoxy) is 1. The molecule has 5 aliphatic heterocycles. The van der Waals surface area contributed by atoms with Crippen molar-refractivity contribution in [2.24, 2.45) is 12.5 Å². The Kier molecular flexibility index (Phi) is 13.2. The number of amides is 3. The number of halogens is 2. The van der Waals surface area contributed by atoms with Gasteiger partial charge in [-0.1, -0.05) is 25.1 Å². The standard InChI is InChI=1S/C58H68F2N10O6/c1-4-40-45(59)10-7-36-26-38(71)28-43(49(36)40)52-50(60)53-44(31-61-52)54(70-19-5-16-57(2,75)33-70)64-56(63-53)76-39-14-20-67(21-15-39)32-48(73)69-24-17-58(18-25-69)29-37(30-58)68-22-12-34(13-23-68)35-6-8-41-46(27-35)66(3)65-51(41)42-9-11-47(72)62-55(42)74/h6-8,10,26-28,31,34,37,39,42,71,75H,4-5,9,11-25,29-30,32-33H2,1-3H3,(H,62,72,74)/t42?,57-/m1/s1. The minimum absolute atomic E-state index is 0.00731. The van der Waals surface area contributed by atoms with Crippen LogP contribution in [0, 0.1) is 17.0 Å². The Morgan fingerprint density at radius 1 is 0.908 bits per heavy atom. The van der Waals surface area contributed by atoms with Gasteiger partial charge in [-0.15, -0.1) is 0 Å². The molecule has 1 aliphatic carbocycles. The van der Waals surface area contributed by atoms with Crippen LogP contribution in [0.2, 0.25) is 0 Å². The highest BCUT2D eigenvalue weighted by molar-refractivity contribution is 6.03. The molecule has 16 nitrogen and oxygen atoms in total. The second-order valence-corrected chi connectivity index (χ2v) is 23.1. The Morgan fingerprint density at radius 3 is 2.42 bits per heavy atom. The molecule has 12 rings (SSSR count). The summed E-state index contributed by atoms with van der Waals surface area (Å²) in [5.41, 5.74) is 2.97. The van der Waals surface area contributed by atoms with Crippen LogP contribution in [0.3, 0.4) is 0 Å². The summed E-state index contributed by atoms with van der Waals surface area (Å²) < 4.78 is 40.7. The van der Waals surface area contributed by atoms with Gasteiger partial charge >= 0.3 is 6.01 Å². The Balaban J connectivity index is 0.645. The van der Waals surface area contributed by atoms with Crippen molar-refractivity contribution in [3.8, 4) is 23.0 Å². The van der Waals surface area contributed by atoms with Crippen molar-refractivity contribution in [3.63, 3.8) is 0 Å². The number of aryl methyl sites for hydroxylation is 2. The van der Waals surface area contributed by atoms with Crippen LogP contribution in [0.15, 0.2) is 48.7 Å². The number of pyridine rings is 1. The van der Waals surface area contributed by atoms with Crippen molar-refractivity contribution in [2.75, 3.05) is 63.8 Å². The van der Waals surface area contributed by atoms with Crippen LogP contribution in [-0.2, 0) is 27.9 Å². The minimum Gasteiger partial charge on any atom is -0.508 e. The summed E-state index contributed by atoms with van der Waals surface area (Å²) in [6.07, 6.45) is 11.6. The SMILES string of the molecule is CCc1c(F)ccc2cc(O)cc(-c3ncc4c(N5CCC[C@@](C)(O)C5)nc(OC5CCN(CC(=O)N6CCC7(CC6)CC(N6CCC(c8ccc9c(C%10CCC(=O)NC%10=O)nn(C)c9c8)CC6)C7)CC5)nc4c3F)c12. The number of phenolic OH excluding ortho intramolecular Hbond substituents is 1. The van der Waals surface area contributed by atoms with Gasteiger partial charge in [-0.3, -0.25) is 34.3 Å². The van der Waals surface area contributed by atoms with E-state index in [0.717, 1.165) is 68.5 Å². The average Bonchev–Trinajstić information content (AvgIpc) is 3.77. The molecule has 3 aromatic carbocycles. The van der Waals surface area contributed by atoms with Gasteiger partial charge in [0.25, 0.3) is 0 Å². The number of aromatic nitrogens is 5. The van der Waals surface area contributed by atoms with E-state index in [2.05, 4.69) is 48.2 Å². The maximum atomic E-state index is 17.1. The highest BCUT2D eigenvalue weighted by atomic mass is 19.1. The van der Waals surface area contributed by atoms with E-state index in [9.17, 15) is 24.6 Å². The fourth-order valence-electron chi connectivity index (χ4n) is 13.8. The Bertz CT molecular complexity index is 3260. The van der Waals surface area contributed by atoms with Crippen molar-refractivity contribution in [3.05, 3.63) is 77.1 Å². The van der Waals surface area contributed by atoms with Crippen LogP contribution < -0.4 is 15.0 Å². The molecule has 0 bridgehead atoms. The first-order valence-electron chi connectivity index (χ1n) is 27.6. The summed E-state index contributed by atoms with van der Waals surface area (Å²) in [5, 5.41) is 31.4. The van der Waals surface area contributed by atoms with Crippen molar-refractivity contribution >= 4 is 56.1 Å². The lowest BCUT2D eigenvalue weighted by atomic mass is 9.59. The third kappa shape index (κ3) is 9.52. The van der Waals surface area contributed by atoms with Gasteiger partial charge in [-0.05, 0) is 155 Å². The van der Waals surface area contributed by atoms with Gasteiger partial charge in [0.05, 0.1) is 34.7 Å². The van der Waals surface area contributed by atoms with Gasteiger partial charge in [0.2, 0.25) is 17.7 Å². The molecule has 3 amide bonds. The summed E-state index contributed by atoms with van der Waals surface area (Å²) in [6.45, 7) is 9.83. The van der Waals surface area contributed by atoms with Crippen LogP contribution in [0.5, 0.6) is 11.8 Å². The lowest BCUT2D eigenvalue weighted by molar-refractivity contribution is -0.138. The van der Waals surface area contributed by atoms with E-state index >= 15 is 8.78 Å². The number of likely N-dealkylation sites (tertiary alicyclic amines) is 3. The van der Waals surface area contributed by atoms with Crippen molar-refractivity contribution in [1.82, 2.24) is 44.7 Å². The molecule has 76 heavy (non-hydrogen) atoms. The summed E-state index contributed by atoms with van der Waals surface area (Å²) >= 11 is 0. The van der Waals surface area contributed by atoms with Gasteiger partial charge in [0.1, 0.15) is 34.7 Å². The number of carbonyl (C=O) groups excluding carboxylic acids is 3. The second kappa shape index (κ2) is 19.9. The average molecular weight is 1040 g/mol. The lowest BCUT2D eigenvalue weighted by Crippen LogP contribution is -2.57. The topological polar surface area (TPSA) is 182 Å². The van der Waals surface area contributed by atoms with Crippen molar-refractivity contribution in [2.45, 2.75) is 127 Å². The third-order valence-corrected chi connectivity index (χ3v) is 18.0. The molecule has 2 atom stereocenters. The number of β-amino-alcohol motifs (C(OH)–C–C–N with tert-alkyl or cyclic N) is 1. The first-order chi connectivity index (χ1) is 36.6. The maximum absolute atomic E-state index is 17.1. The van der Waals surface area contributed by atoms with Crippen LogP contribution in [0.25, 0.3) is 43.8 Å². The maximum Gasteiger partial charge on any atom is 0.319 e. The number of nitrogens with zero attached hydrogens (tertiary/aromatic N) is 9. The number of aliphatic hydroxyl groups is 1. The number of carbonyl (C=O) groups is 3. The number of aromatic hydroxyl groups is 1. The quantitative estimate of drug-likeness (QED) is 0.114. The number of fused-ring (bicyclic) bond motifs is 3. The van der Waals surface area contributed by atoms with E-state index in [1.807, 2.05) is 23.6 Å². The molecule has 8 heterocycles. The van der Waals surface area contributed by atoms with E-state index < -0.39 is 23.2 Å². The third-order valence-electron chi connectivity index (χ3n) is 18.0. The molecule has 6 aromatic rings. The number of hydrogen-bond acceptors (Lipinski definition) is 13. The van der Waals surface area contributed by atoms with Gasteiger partial charge in [-0.25, -0.2) is 8.78 Å². The van der Waals surface area contributed by atoms with Gasteiger partial charge in [0.15, 0.2) is 5.82 Å². The predicted octanol–water partition coefficient (Wildman–Crippen LogP) is 7.64. The van der Waals surface area contributed by atoms with E-state index in [4.69, 9.17) is 14.8 Å². The summed E-state index contributed by atoms with van der Waals surface area (Å²) in [7, 11) is 1.93. The van der Waals surface area contributed by atoms with Crippen LogP contribution >= 0.6 is 0 Å². The molecule has 18 heteroatoms. The van der Waals surface area contributed by atoms with E-state index in [0.29, 0.717) is 116 Å². The van der Waals surface area contributed by atoms with E-state index in [-0.39, 0.29) is 58.9 Å². The minimum atomic E-state index is -0.986. The first kappa shape index (κ1) is 50.4. The van der Waals surface area contributed by atoms with Crippen LogP contribution in [0.1, 0.15) is 120 Å². The number of hydrogen-bond donors (Lipinski definition) is 3. The number of benzene rings is 3. The van der Waals surface area contributed by atoms with Gasteiger partial charge in [-0.2, -0.15) is 15.1 Å². The largest absolute Gasteiger partial charge is 0.508 e. The molecule has 400 valence electrons. The normalized spacial score (nSPS) is 23.5. The number of rotatable bonds is 10. The zero-order valence-electron chi connectivity index (χ0n) is 43.8. The van der Waals surface area contributed by atoms with Crippen molar-refractivity contribution in [1.29, 1.82) is 0 Å². The second-order valence-electron chi connectivity index (χ2n) is 23.1. The Morgan fingerprint density at radius 2 is 1.68 bits per heavy atom. The highest BCUT2D eigenvalue weighted by Crippen LogP contribution is 2.52. The van der Waals surface area contributed by atoms with E-state index in [1.165, 1.54) is 42.8 Å². The predicted molar refractivity (Wildman–Crippen MR) is 284 cm³/mol. The van der Waals surface area contributed by atoms with E-state index in [1.54, 1.807) is 13.0 Å². The lowest BCUT2D eigenvalue weighted by Gasteiger charge is -2.56. The molecule has 6 aliphatic rings. The van der Waals surface area contributed by atoms with Crippen LogP contribution in [0.4, 0.5) is 14.6 Å². The Hall–Kier alpha value is -6.37. The summed E-state index contributed by atoms with van der Waals surface area (Å²) in [6, 6.07) is 13.0. The fourth-order valence-corrected chi connectivity index (χ4v) is 13.8. The zero-order chi connectivity index (χ0) is 52.6. The smallest absolute Gasteiger partial charge is 0.319 e. The number of imide groups is 1. The molecule has 1 spiro atoms. The Labute approximate surface area is 440 Å². The number of anilines is 1. The first-order valence-corrected chi connectivity index (χ1v) is 27.6. The van der Waals surface area contributed by atoms with Crippen LogP contribution in [-0.4, -0.2) is 144 Å². The van der Waals surface area contributed by atoms with Gasteiger partial charge in [0, 0.05) is 75.9 Å². The monoisotopic (exact) mass is 1040 g/mol. The summed E-state index contributed by atoms with van der Waals surface area (Å²) in [4.78, 5) is 61.1. The fraction of sp³-hybridized carbons (Fsp3) is 0.534. The molecule has 1 saturated carbocycles. The molecule has 0 radical (unpaired) electrons. The highest BCUT2D eigenvalue weighted by Gasteiger charge is 2.49. The number of piperidine rings is 5. The zero-order valence-corrected chi connectivity index (χ0v) is 43.8. The molecular formula is C58H68F2N10O6. The number of phenols is 1. The summed E-state index contributed by atoms with van der Waals surface area (Å²) in [5.74, 6) is -1.12. The van der Waals surface area contributed by atoms with Crippen molar-refractivity contribution < 1.29 is 38.1 Å². The molecule has 3 N–H and O–H groups in total. The molecule has 6 fully saturated rings.